The monoisotopic (exact) mass is 375 g/mol. The first-order chi connectivity index (χ1) is 12.1. The predicted molar refractivity (Wildman–Crippen MR) is 102 cm³/mol. The van der Waals surface area contributed by atoms with Crippen LogP contribution in [0.25, 0.3) is 0 Å². The molecule has 0 bridgehead atoms. The number of nitrogens with two attached hydrogens (primary N) is 1. The van der Waals surface area contributed by atoms with Gasteiger partial charge < -0.3 is 21.1 Å². The molecule has 0 spiro atoms. The first-order valence-corrected chi connectivity index (χ1v) is 8.06. The van der Waals surface area contributed by atoms with E-state index >= 15 is 0 Å². The molecular formula is C17H15Cl2N5O. The van der Waals surface area contributed by atoms with Crippen molar-refractivity contribution in [1.29, 1.82) is 0 Å². The van der Waals surface area contributed by atoms with Crippen LogP contribution in [0.1, 0.15) is 0 Å². The van der Waals surface area contributed by atoms with Crippen LogP contribution in [-0.4, -0.2) is 17.1 Å². The van der Waals surface area contributed by atoms with Crippen molar-refractivity contribution < 1.29 is 4.74 Å². The number of halogens is 2. The summed E-state index contributed by atoms with van der Waals surface area (Å²) in [5.74, 6) is 1.72. The van der Waals surface area contributed by atoms with Gasteiger partial charge in [0.25, 0.3) is 0 Å². The van der Waals surface area contributed by atoms with Crippen LogP contribution < -0.4 is 21.1 Å². The normalized spacial score (nSPS) is 10.4. The SMILES string of the molecule is COc1ccc(Nc2ncnc(Nc3ccc(Cl)c(Cl)c3)c2N)cc1. The van der Waals surface area contributed by atoms with Crippen molar-refractivity contribution in [2.45, 2.75) is 0 Å². The van der Waals surface area contributed by atoms with Gasteiger partial charge in [-0.3, -0.25) is 0 Å². The molecule has 0 aliphatic heterocycles. The van der Waals surface area contributed by atoms with Crippen molar-refractivity contribution in [3.05, 3.63) is 58.8 Å². The highest BCUT2D eigenvalue weighted by molar-refractivity contribution is 6.42. The number of hydrogen-bond acceptors (Lipinski definition) is 6. The van der Waals surface area contributed by atoms with E-state index in [0.717, 1.165) is 17.1 Å². The smallest absolute Gasteiger partial charge is 0.159 e. The van der Waals surface area contributed by atoms with E-state index in [9.17, 15) is 0 Å². The lowest BCUT2D eigenvalue weighted by atomic mass is 10.3. The summed E-state index contributed by atoms with van der Waals surface area (Å²) in [6, 6.07) is 12.6. The van der Waals surface area contributed by atoms with Gasteiger partial charge in [-0.15, -0.1) is 0 Å². The zero-order chi connectivity index (χ0) is 17.8. The molecule has 0 atom stereocenters. The van der Waals surface area contributed by atoms with Crippen LogP contribution in [0.15, 0.2) is 48.8 Å². The molecule has 0 fully saturated rings. The molecule has 8 heteroatoms. The van der Waals surface area contributed by atoms with Gasteiger partial charge in [0.2, 0.25) is 0 Å². The lowest BCUT2D eigenvalue weighted by Gasteiger charge is -2.13. The van der Waals surface area contributed by atoms with Gasteiger partial charge in [-0.05, 0) is 42.5 Å². The maximum Gasteiger partial charge on any atom is 0.159 e. The Labute approximate surface area is 155 Å². The minimum atomic E-state index is 0.379. The van der Waals surface area contributed by atoms with Gasteiger partial charge in [-0.1, -0.05) is 23.2 Å². The molecule has 0 saturated carbocycles. The average molecular weight is 376 g/mol. The van der Waals surface area contributed by atoms with Crippen LogP contribution in [0.5, 0.6) is 5.75 Å². The van der Waals surface area contributed by atoms with Crippen molar-refractivity contribution in [3.63, 3.8) is 0 Å². The predicted octanol–water partition coefficient (Wildman–Crippen LogP) is 4.86. The van der Waals surface area contributed by atoms with Crippen molar-refractivity contribution in [1.82, 2.24) is 9.97 Å². The van der Waals surface area contributed by atoms with Crippen molar-refractivity contribution in [2.24, 2.45) is 0 Å². The molecule has 25 heavy (non-hydrogen) atoms. The fourth-order valence-electron chi connectivity index (χ4n) is 2.12. The highest BCUT2D eigenvalue weighted by Crippen LogP contribution is 2.31. The van der Waals surface area contributed by atoms with E-state index in [0.29, 0.717) is 27.4 Å². The van der Waals surface area contributed by atoms with Gasteiger partial charge in [0.15, 0.2) is 11.6 Å². The largest absolute Gasteiger partial charge is 0.497 e. The first kappa shape index (κ1) is 17.1. The Bertz CT molecular complexity index is 887. The second-order valence-electron chi connectivity index (χ2n) is 5.09. The van der Waals surface area contributed by atoms with E-state index in [4.69, 9.17) is 33.7 Å². The van der Waals surface area contributed by atoms with Gasteiger partial charge in [0.05, 0.1) is 17.2 Å². The quantitative estimate of drug-likeness (QED) is 0.590. The third kappa shape index (κ3) is 4.04. The molecule has 0 radical (unpaired) electrons. The fraction of sp³-hybridized carbons (Fsp3) is 0.0588. The van der Waals surface area contributed by atoms with Gasteiger partial charge in [-0.2, -0.15) is 0 Å². The van der Waals surface area contributed by atoms with Gasteiger partial charge in [0, 0.05) is 11.4 Å². The number of anilines is 5. The molecule has 1 heterocycles. The van der Waals surface area contributed by atoms with E-state index in [2.05, 4.69) is 20.6 Å². The molecular weight excluding hydrogens is 361 g/mol. The van der Waals surface area contributed by atoms with Gasteiger partial charge >= 0.3 is 0 Å². The molecule has 128 valence electrons. The Morgan fingerprint density at radius 2 is 1.48 bits per heavy atom. The second-order valence-corrected chi connectivity index (χ2v) is 5.91. The standard InChI is InChI=1S/C17H15Cl2N5O/c1-25-12-5-2-10(3-6-12)23-16-15(20)17(22-9-21-16)24-11-4-7-13(18)14(19)8-11/h2-9H,20H2,1H3,(H2,21,22,23,24). The van der Waals surface area contributed by atoms with E-state index in [1.807, 2.05) is 24.3 Å². The number of methoxy groups -OCH3 is 1. The number of nitrogens with one attached hydrogen (secondary N) is 2. The summed E-state index contributed by atoms with van der Waals surface area (Å²) in [6.45, 7) is 0. The molecule has 3 rings (SSSR count). The highest BCUT2D eigenvalue weighted by Gasteiger charge is 2.09. The minimum absolute atomic E-state index is 0.379. The summed E-state index contributed by atoms with van der Waals surface area (Å²) < 4.78 is 5.14. The summed E-state index contributed by atoms with van der Waals surface area (Å²) in [4.78, 5) is 8.36. The van der Waals surface area contributed by atoms with Crippen LogP contribution in [-0.2, 0) is 0 Å². The second kappa shape index (κ2) is 7.46. The molecule has 0 aliphatic carbocycles. The van der Waals surface area contributed by atoms with Crippen LogP contribution in [0, 0.1) is 0 Å². The number of nitrogens with zero attached hydrogens (tertiary/aromatic N) is 2. The molecule has 3 aromatic rings. The number of hydrogen-bond donors (Lipinski definition) is 3. The van der Waals surface area contributed by atoms with Gasteiger partial charge in [-0.25, -0.2) is 9.97 Å². The Balaban J connectivity index is 1.82. The summed E-state index contributed by atoms with van der Waals surface area (Å²) in [7, 11) is 1.62. The fourth-order valence-corrected chi connectivity index (χ4v) is 2.41. The van der Waals surface area contributed by atoms with E-state index < -0.39 is 0 Å². The summed E-state index contributed by atoms with van der Waals surface area (Å²) in [5.41, 5.74) is 8.09. The molecule has 6 nitrogen and oxygen atoms in total. The molecule has 0 aliphatic rings. The Morgan fingerprint density at radius 3 is 2.08 bits per heavy atom. The lowest BCUT2D eigenvalue weighted by Crippen LogP contribution is -2.05. The Kier molecular flexibility index (Phi) is 5.11. The number of aromatic nitrogens is 2. The van der Waals surface area contributed by atoms with Crippen molar-refractivity contribution in [2.75, 3.05) is 23.5 Å². The van der Waals surface area contributed by atoms with Crippen LogP contribution >= 0.6 is 23.2 Å². The van der Waals surface area contributed by atoms with Crippen LogP contribution in [0.3, 0.4) is 0 Å². The van der Waals surface area contributed by atoms with Crippen molar-refractivity contribution in [3.8, 4) is 5.75 Å². The van der Waals surface area contributed by atoms with E-state index in [1.54, 1.807) is 25.3 Å². The maximum absolute atomic E-state index is 6.17. The Morgan fingerprint density at radius 1 is 0.880 bits per heavy atom. The number of nitrogen functional groups attached to an aromatic ring is 1. The van der Waals surface area contributed by atoms with Gasteiger partial charge in [0.1, 0.15) is 17.8 Å². The Hall–Kier alpha value is -2.70. The molecule has 0 amide bonds. The highest BCUT2D eigenvalue weighted by atomic mass is 35.5. The van der Waals surface area contributed by atoms with Crippen LogP contribution in [0.2, 0.25) is 10.0 Å². The first-order valence-electron chi connectivity index (χ1n) is 7.30. The zero-order valence-electron chi connectivity index (χ0n) is 13.3. The molecule has 0 saturated heterocycles. The molecule has 4 N–H and O–H groups in total. The van der Waals surface area contributed by atoms with E-state index in [-0.39, 0.29) is 0 Å². The number of ether oxygens (including phenoxy) is 1. The lowest BCUT2D eigenvalue weighted by molar-refractivity contribution is 0.415. The van der Waals surface area contributed by atoms with E-state index in [1.165, 1.54) is 6.33 Å². The molecule has 1 aromatic heterocycles. The number of benzene rings is 2. The van der Waals surface area contributed by atoms with Crippen LogP contribution in [0.4, 0.5) is 28.7 Å². The zero-order valence-corrected chi connectivity index (χ0v) is 14.8. The topological polar surface area (TPSA) is 85.1 Å². The maximum atomic E-state index is 6.17. The van der Waals surface area contributed by atoms with Crippen molar-refractivity contribution >= 4 is 51.9 Å². The average Bonchev–Trinajstić information content (AvgIpc) is 2.62. The summed E-state index contributed by atoms with van der Waals surface area (Å²) >= 11 is 11.9. The summed E-state index contributed by atoms with van der Waals surface area (Å²) in [6.07, 6.45) is 1.42. The summed E-state index contributed by atoms with van der Waals surface area (Å²) in [5, 5.41) is 7.17. The number of rotatable bonds is 5. The third-order valence-corrected chi connectivity index (χ3v) is 4.16. The minimum Gasteiger partial charge on any atom is -0.497 e. The molecule has 2 aromatic carbocycles. The third-order valence-electron chi connectivity index (χ3n) is 3.42. The molecule has 0 unspecified atom stereocenters.